The van der Waals surface area contributed by atoms with Crippen LogP contribution < -0.4 is 0 Å². The summed E-state index contributed by atoms with van der Waals surface area (Å²) in [6.07, 6.45) is -1.54. The molecule has 5 nitrogen and oxygen atoms in total. The van der Waals surface area contributed by atoms with Gasteiger partial charge in [-0.2, -0.15) is 0 Å². The van der Waals surface area contributed by atoms with Crippen molar-refractivity contribution >= 4 is 34.3 Å². The Kier molecular flexibility index (Phi) is 4.34. The van der Waals surface area contributed by atoms with Gasteiger partial charge in [-0.1, -0.05) is 29.2 Å². The second-order valence-corrected chi connectivity index (χ2v) is 5.49. The first-order chi connectivity index (χ1) is 9.78. The number of carbonyl (C=O) groups is 2. The van der Waals surface area contributed by atoms with Crippen LogP contribution in [0.4, 0.5) is 8.78 Å². The number of carbonyl (C=O) groups excluding carboxylic acids is 2. The normalized spacial score (nSPS) is 39.5. The molecule has 0 aromatic rings. The van der Waals surface area contributed by atoms with Crippen molar-refractivity contribution in [1.29, 1.82) is 0 Å². The number of ketones is 1. The molecule has 0 radical (unpaired) electrons. The highest BCUT2D eigenvalue weighted by Crippen LogP contribution is 2.45. The Bertz CT molecular complexity index is 562. The van der Waals surface area contributed by atoms with Crippen LogP contribution in [0.1, 0.15) is 6.42 Å². The molecule has 0 aliphatic carbocycles. The zero-order valence-electron chi connectivity index (χ0n) is 10.8. The van der Waals surface area contributed by atoms with Crippen molar-refractivity contribution in [1.82, 2.24) is 4.90 Å². The van der Waals surface area contributed by atoms with Gasteiger partial charge >= 0.3 is 0 Å². The van der Waals surface area contributed by atoms with Gasteiger partial charge in [0.1, 0.15) is 0 Å². The molecule has 0 unspecified atom stereocenters. The van der Waals surface area contributed by atoms with E-state index in [-0.39, 0.29) is 4.43 Å². The average Bonchev–Trinajstić information content (AvgIpc) is 2.62. The number of amides is 1. The summed E-state index contributed by atoms with van der Waals surface area (Å²) in [5, 5.41) is 9.93. The van der Waals surface area contributed by atoms with E-state index < -0.39 is 42.0 Å². The van der Waals surface area contributed by atoms with E-state index >= 15 is 4.39 Å². The molecule has 0 bridgehead atoms. The van der Waals surface area contributed by atoms with Crippen molar-refractivity contribution < 1.29 is 28.2 Å². The highest BCUT2D eigenvalue weighted by Gasteiger charge is 2.66. The van der Waals surface area contributed by atoms with Crippen molar-refractivity contribution in [3.05, 3.63) is 30.7 Å². The van der Waals surface area contributed by atoms with Crippen LogP contribution in [0.15, 0.2) is 30.7 Å². The van der Waals surface area contributed by atoms with Gasteiger partial charge in [-0.15, -0.1) is 5.73 Å². The van der Waals surface area contributed by atoms with Gasteiger partial charge in [0.2, 0.25) is 17.4 Å². The monoisotopic (exact) mass is 411 g/mol. The highest BCUT2D eigenvalue weighted by molar-refractivity contribution is 14.1. The smallest absolute Gasteiger partial charge is 0.250 e. The number of aliphatic hydroxyl groups excluding tert-OH is 1. The lowest BCUT2D eigenvalue weighted by Crippen LogP contribution is -2.52. The molecule has 114 valence electrons. The van der Waals surface area contributed by atoms with Crippen LogP contribution in [-0.4, -0.2) is 50.0 Å². The van der Waals surface area contributed by atoms with Crippen molar-refractivity contribution in [2.45, 2.75) is 30.3 Å². The molecule has 2 heterocycles. The molecule has 1 saturated heterocycles. The molecule has 1 fully saturated rings. The van der Waals surface area contributed by atoms with Gasteiger partial charge in [0, 0.05) is 12.3 Å². The average molecular weight is 411 g/mol. The minimum atomic E-state index is -2.72. The molecular formula is C13H12F2INO4. The van der Waals surface area contributed by atoms with Crippen molar-refractivity contribution in [2.75, 3.05) is 4.43 Å². The molecule has 1 N–H and O–H groups in total. The number of allylic oxidation sites excluding steroid dienone is 1. The molecule has 2 rings (SSSR count). The molecule has 0 aromatic heterocycles. The third-order valence-corrected chi connectivity index (χ3v) is 4.35. The largest absolute Gasteiger partial charge is 0.383 e. The first-order valence-electron chi connectivity index (χ1n) is 5.97. The molecule has 0 saturated carbocycles. The van der Waals surface area contributed by atoms with Crippen LogP contribution in [0.3, 0.4) is 0 Å². The van der Waals surface area contributed by atoms with Gasteiger partial charge in [0.15, 0.2) is 18.1 Å². The van der Waals surface area contributed by atoms with E-state index in [1.165, 1.54) is 0 Å². The first kappa shape index (κ1) is 16.3. The van der Waals surface area contributed by atoms with E-state index in [2.05, 4.69) is 12.3 Å². The van der Waals surface area contributed by atoms with Crippen molar-refractivity contribution in [3.8, 4) is 0 Å². The maximum atomic E-state index is 15.0. The predicted molar refractivity (Wildman–Crippen MR) is 76.8 cm³/mol. The fraction of sp³-hybridized carbons (Fsp3) is 0.462. The van der Waals surface area contributed by atoms with Crippen molar-refractivity contribution in [3.63, 3.8) is 0 Å². The maximum absolute atomic E-state index is 15.0. The lowest BCUT2D eigenvalue weighted by molar-refractivity contribution is -0.182. The van der Waals surface area contributed by atoms with Crippen LogP contribution in [0, 0.1) is 0 Å². The second-order valence-electron chi connectivity index (χ2n) is 4.73. The number of ether oxygens (including phenoxy) is 1. The zero-order valence-corrected chi connectivity index (χ0v) is 12.9. The summed E-state index contributed by atoms with van der Waals surface area (Å²) < 4.78 is 34.1. The van der Waals surface area contributed by atoms with E-state index in [0.29, 0.717) is 0 Å². The lowest BCUT2D eigenvalue weighted by Gasteiger charge is -2.32. The minimum Gasteiger partial charge on any atom is -0.383 e. The Morgan fingerprint density at radius 2 is 2.29 bits per heavy atom. The van der Waals surface area contributed by atoms with E-state index in [1.54, 1.807) is 22.6 Å². The fourth-order valence-corrected chi connectivity index (χ4v) is 2.84. The first-order valence-corrected chi connectivity index (χ1v) is 7.50. The van der Waals surface area contributed by atoms with Crippen LogP contribution in [0.2, 0.25) is 0 Å². The number of aliphatic hydroxyl groups is 1. The quantitative estimate of drug-likeness (QED) is 0.328. The Morgan fingerprint density at radius 1 is 1.62 bits per heavy atom. The van der Waals surface area contributed by atoms with Gasteiger partial charge < -0.3 is 9.84 Å². The summed E-state index contributed by atoms with van der Waals surface area (Å²) in [5.41, 5.74) is -0.573. The van der Waals surface area contributed by atoms with E-state index in [4.69, 9.17) is 4.74 Å². The highest BCUT2D eigenvalue weighted by atomic mass is 127. The Hall–Kier alpha value is -1.09. The summed E-state index contributed by atoms with van der Waals surface area (Å²) in [6, 6.07) is 0. The Morgan fingerprint density at radius 3 is 2.81 bits per heavy atom. The van der Waals surface area contributed by atoms with Gasteiger partial charge in [0.05, 0.1) is 10.8 Å². The molecule has 21 heavy (non-hydrogen) atoms. The van der Waals surface area contributed by atoms with Crippen molar-refractivity contribution in [2.24, 2.45) is 0 Å². The molecule has 2 aliphatic rings. The lowest BCUT2D eigenvalue weighted by atomic mass is 9.94. The Labute approximate surface area is 133 Å². The molecule has 0 aromatic carbocycles. The van der Waals surface area contributed by atoms with Crippen LogP contribution >= 0.6 is 22.6 Å². The van der Waals surface area contributed by atoms with Gasteiger partial charge in [-0.25, -0.2) is 8.78 Å². The van der Waals surface area contributed by atoms with Crippen LogP contribution in [0.25, 0.3) is 0 Å². The molecule has 1 amide bonds. The maximum Gasteiger partial charge on any atom is 0.250 e. The van der Waals surface area contributed by atoms with Gasteiger partial charge in [-0.05, 0) is 6.08 Å². The van der Waals surface area contributed by atoms with Crippen LogP contribution in [-0.2, 0) is 14.3 Å². The third kappa shape index (κ3) is 2.57. The number of rotatable bonds is 3. The second kappa shape index (κ2) is 5.60. The zero-order chi connectivity index (χ0) is 15.8. The number of hydrogen-bond acceptors (Lipinski definition) is 4. The Balaban J connectivity index is 2.46. The number of nitrogens with zero attached hydrogens (tertiary/aromatic N) is 1. The van der Waals surface area contributed by atoms with E-state index in [1.807, 2.05) is 0 Å². The topological polar surface area (TPSA) is 66.8 Å². The number of hydrogen-bond donors (Lipinski definition) is 1. The summed E-state index contributed by atoms with van der Waals surface area (Å²) in [7, 11) is 0. The van der Waals surface area contributed by atoms with E-state index in [9.17, 15) is 19.1 Å². The number of alkyl halides is 3. The van der Waals surface area contributed by atoms with E-state index in [0.717, 1.165) is 23.3 Å². The molecule has 8 heteroatoms. The molecule has 0 spiro atoms. The number of halogens is 3. The summed E-state index contributed by atoms with van der Waals surface area (Å²) in [6.45, 7) is 3.20. The van der Waals surface area contributed by atoms with Gasteiger partial charge in [0.25, 0.3) is 0 Å². The summed E-state index contributed by atoms with van der Waals surface area (Å²) in [4.78, 5) is 23.8. The minimum absolute atomic E-state index is 0.343. The fourth-order valence-electron chi connectivity index (χ4n) is 2.24. The SMILES string of the molecule is C=C=C[C@]1(F)[C@H](N2C=CC(=O)CC2=O)O[C@](F)(CI)[C@H]1O. The summed E-state index contributed by atoms with van der Waals surface area (Å²) in [5.74, 6) is -3.85. The van der Waals surface area contributed by atoms with Gasteiger partial charge in [-0.3, -0.25) is 14.5 Å². The standard InChI is InChI=1S/C13H12F2INO4/c1-2-4-12(14)10(20)13(15,7-16)21-11(12)17-5-3-8(18)6-9(17)19/h3-5,10-11,20H,1,6-7H2/t10-,11+,12+,13+/m0/s1. The molecular weight excluding hydrogens is 399 g/mol. The molecule has 4 atom stereocenters. The predicted octanol–water partition coefficient (Wildman–Crippen LogP) is 1.17. The van der Waals surface area contributed by atoms with Crippen LogP contribution in [0.5, 0.6) is 0 Å². The third-order valence-electron chi connectivity index (χ3n) is 3.31. The summed E-state index contributed by atoms with van der Waals surface area (Å²) >= 11 is 1.60. The molecule has 2 aliphatic heterocycles.